The summed E-state index contributed by atoms with van der Waals surface area (Å²) in [7, 11) is 0. The fourth-order valence-electron chi connectivity index (χ4n) is 9.63. The molecule has 11 rings (SSSR count). The Labute approximate surface area is 323 Å². The molecule has 9 aromatic rings. The third kappa shape index (κ3) is 4.72. The summed E-state index contributed by atoms with van der Waals surface area (Å²) in [5, 5.41) is 3.61. The number of rotatable bonds is 5. The molecule has 0 saturated heterocycles. The van der Waals surface area contributed by atoms with Crippen LogP contribution in [0.4, 0.5) is 11.6 Å². The fourth-order valence-corrected chi connectivity index (χ4v) is 10.8. The average Bonchev–Trinajstić information content (AvgIpc) is 3.86. The number of pyridine rings is 1. The van der Waals surface area contributed by atoms with Crippen LogP contribution >= 0.6 is 11.3 Å². The smallest absolute Gasteiger partial charge is 0.234 e. The van der Waals surface area contributed by atoms with Crippen LogP contribution in [0.1, 0.15) is 45.1 Å². The molecule has 55 heavy (non-hydrogen) atoms. The predicted molar refractivity (Wildman–Crippen MR) is 226 cm³/mol. The molecule has 6 nitrogen and oxygen atoms in total. The highest BCUT2D eigenvalue weighted by molar-refractivity contribution is 7.23. The van der Waals surface area contributed by atoms with Gasteiger partial charge >= 0.3 is 0 Å². The Kier molecular flexibility index (Phi) is 7.14. The maximum atomic E-state index is 5.52. The van der Waals surface area contributed by atoms with Crippen LogP contribution in [-0.4, -0.2) is 30.0 Å². The van der Waals surface area contributed by atoms with E-state index in [0.29, 0.717) is 17.6 Å². The van der Waals surface area contributed by atoms with E-state index in [-0.39, 0.29) is 11.0 Å². The quantitative estimate of drug-likeness (QED) is 0.176. The molecular weight excluding hydrogens is 693 g/mol. The highest BCUT2D eigenvalue weighted by Crippen LogP contribution is 2.60. The van der Waals surface area contributed by atoms with Crippen molar-refractivity contribution in [3.63, 3.8) is 0 Å². The van der Waals surface area contributed by atoms with Crippen molar-refractivity contribution in [1.29, 1.82) is 0 Å². The minimum Gasteiger partial charge on any atom is -0.309 e. The van der Waals surface area contributed by atoms with E-state index in [1.165, 1.54) is 38.5 Å². The largest absolute Gasteiger partial charge is 0.309 e. The molecule has 0 spiro atoms. The minimum absolute atomic E-state index is 0.0947. The average molecular weight is 731 g/mol. The number of nitrogens with zero attached hydrogens (tertiary/aromatic N) is 6. The molecule has 2 unspecified atom stereocenters. The molecule has 0 N–H and O–H groups in total. The van der Waals surface area contributed by atoms with E-state index >= 15 is 0 Å². The van der Waals surface area contributed by atoms with E-state index < -0.39 is 0 Å². The Hall–Kier alpha value is -6.18. The van der Waals surface area contributed by atoms with Gasteiger partial charge in [0.2, 0.25) is 5.95 Å². The van der Waals surface area contributed by atoms with Crippen LogP contribution < -0.4 is 4.90 Å². The van der Waals surface area contributed by atoms with Crippen LogP contribution in [0.2, 0.25) is 0 Å². The molecule has 1 aliphatic carbocycles. The molecule has 2 atom stereocenters. The number of anilines is 2. The van der Waals surface area contributed by atoms with Gasteiger partial charge in [-0.2, -0.15) is 9.97 Å². The van der Waals surface area contributed by atoms with Crippen molar-refractivity contribution in [2.75, 3.05) is 4.90 Å². The standard InChI is InChI=1S/C48H38N6S/c1-47-26-12-13-27-48(47,2)54(40-25-28-49-30-37(40)47)46-51-44(50-45(52-46)42-36-21-8-11-24-41(36)55-43(42)31-15-4-3-5-16-31)32-17-14-18-33(29-32)53-38-22-9-6-19-34(38)35-20-7-10-23-39(35)53/h3-11,14-25,28-30H,12-13,26-27H2,1-2H3. The summed E-state index contributed by atoms with van der Waals surface area (Å²) in [5.41, 5.74) is 8.62. The fraction of sp³-hybridized carbons (Fsp3) is 0.167. The zero-order chi connectivity index (χ0) is 36.7. The van der Waals surface area contributed by atoms with Crippen molar-refractivity contribution in [2.24, 2.45) is 0 Å². The zero-order valence-electron chi connectivity index (χ0n) is 30.8. The lowest BCUT2D eigenvalue weighted by atomic mass is 9.62. The molecule has 7 heteroatoms. The van der Waals surface area contributed by atoms with Crippen LogP contribution in [0.5, 0.6) is 0 Å². The van der Waals surface area contributed by atoms with Crippen molar-refractivity contribution in [3.8, 4) is 38.9 Å². The van der Waals surface area contributed by atoms with E-state index in [1.54, 1.807) is 11.3 Å². The summed E-state index contributed by atoms with van der Waals surface area (Å²) in [6, 6.07) is 47.4. The summed E-state index contributed by atoms with van der Waals surface area (Å²) in [6.07, 6.45) is 8.47. The lowest BCUT2D eigenvalue weighted by Gasteiger charge is -2.49. The van der Waals surface area contributed by atoms with Gasteiger partial charge in [-0.05, 0) is 61.7 Å². The molecule has 0 amide bonds. The summed E-state index contributed by atoms with van der Waals surface area (Å²) >= 11 is 1.79. The summed E-state index contributed by atoms with van der Waals surface area (Å²) in [5.74, 6) is 2.01. The van der Waals surface area contributed by atoms with E-state index in [4.69, 9.17) is 15.0 Å². The second-order valence-electron chi connectivity index (χ2n) is 15.4. The first-order valence-electron chi connectivity index (χ1n) is 19.2. The Bertz CT molecular complexity index is 2890. The number of aromatic nitrogens is 5. The van der Waals surface area contributed by atoms with Gasteiger partial charge in [0.1, 0.15) is 0 Å². The summed E-state index contributed by atoms with van der Waals surface area (Å²) in [4.78, 5) is 24.7. The molecule has 5 heterocycles. The first-order valence-corrected chi connectivity index (χ1v) is 20.0. The Morgan fingerprint density at radius 1 is 0.618 bits per heavy atom. The monoisotopic (exact) mass is 730 g/mol. The minimum atomic E-state index is -0.240. The second kappa shape index (κ2) is 12.2. The van der Waals surface area contributed by atoms with Gasteiger partial charge in [-0.3, -0.25) is 4.98 Å². The van der Waals surface area contributed by atoms with Gasteiger partial charge in [-0.1, -0.05) is 117 Å². The van der Waals surface area contributed by atoms with E-state index in [1.807, 2.05) is 6.20 Å². The van der Waals surface area contributed by atoms with Gasteiger partial charge in [0.25, 0.3) is 0 Å². The number of benzene rings is 5. The van der Waals surface area contributed by atoms with Gasteiger partial charge < -0.3 is 9.47 Å². The number of hydrogen-bond acceptors (Lipinski definition) is 6. The molecule has 266 valence electrons. The molecule has 0 bridgehead atoms. The van der Waals surface area contributed by atoms with Crippen molar-refractivity contribution < 1.29 is 0 Å². The van der Waals surface area contributed by atoms with Crippen LogP contribution in [0.3, 0.4) is 0 Å². The number of hydrogen-bond donors (Lipinski definition) is 0. The van der Waals surface area contributed by atoms with Crippen LogP contribution in [0.15, 0.2) is 146 Å². The lowest BCUT2D eigenvalue weighted by Crippen LogP contribution is -2.55. The number of para-hydroxylation sites is 2. The molecule has 1 saturated carbocycles. The normalized spacial score (nSPS) is 19.3. The van der Waals surface area contributed by atoms with Crippen LogP contribution in [-0.2, 0) is 5.41 Å². The first kappa shape index (κ1) is 32.3. The van der Waals surface area contributed by atoms with Crippen molar-refractivity contribution in [3.05, 3.63) is 151 Å². The molecule has 4 aromatic heterocycles. The highest BCUT2D eigenvalue weighted by atomic mass is 32.1. The molecule has 1 fully saturated rings. The molecular formula is C48H38N6S. The SMILES string of the molecule is CC12CCCCC1(C)N(c1nc(-c3cccc(-n4c5ccccc5c5ccccc54)c3)nc(-c3c(-c4ccccc4)sc4ccccc34)n1)c1ccncc12. The highest BCUT2D eigenvalue weighted by Gasteiger charge is 2.58. The second-order valence-corrected chi connectivity index (χ2v) is 16.5. The molecule has 5 aromatic carbocycles. The first-order chi connectivity index (χ1) is 27.0. The van der Waals surface area contributed by atoms with Crippen LogP contribution in [0, 0.1) is 0 Å². The Morgan fingerprint density at radius 3 is 2.09 bits per heavy atom. The topological polar surface area (TPSA) is 59.7 Å². The van der Waals surface area contributed by atoms with Gasteiger partial charge in [-0.25, -0.2) is 4.98 Å². The Morgan fingerprint density at radius 2 is 1.29 bits per heavy atom. The summed E-state index contributed by atoms with van der Waals surface area (Å²) < 4.78 is 3.56. The third-order valence-corrected chi connectivity index (χ3v) is 13.7. The van der Waals surface area contributed by atoms with Gasteiger partial charge in [0.15, 0.2) is 11.6 Å². The molecule has 2 aliphatic rings. The summed E-state index contributed by atoms with van der Waals surface area (Å²) in [6.45, 7) is 4.83. The Balaban J connectivity index is 1.18. The van der Waals surface area contributed by atoms with E-state index in [0.717, 1.165) is 57.6 Å². The third-order valence-electron chi connectivity index (χ3n) is 12.5. The van der Waals surface area contributed by atoms with Crippen molar-refractivity contribution in [2.45, 2.75) is 50.5 Å². The lowest BCUT2D eigenvalue weighted by molar-refractivity contribution is 0.193. The van der Waals surface area contributed by atoms with Crippen LogP contribution in [0.25, 0.3) is 70.8 Å². The van der Waals surface area contributed by atoms with Crippen molar-refractivity contribution >= 4 is 54.9 Å². The maximum Gasteiger partial charge on any atom is 0.234 e. The van der Waals surface area contributed by atoms with Gasteiger partial charge in [-0.15, -0.1) is 11.3 Å². The van der Waals surface area contributed by atoms with E-state index in [9.17, 15) is 0 Å². The molecule has 1 aliphatic heterocycles. The van der Waals surface area contributed by atoms with Gasteiger partial charge in [0, 0.05) is 65.9 Å². The maximum absolute atomic E-state index is 5.52. The predicted octanol–water partition coefficient (Wildman–Crippen LogP) is 12.3. The zero-order valence-corrected chi connectivity index (χ0v) is 31.6. The van der Waals surface area contributed by atoms with E-state index in [2.05, 4.69) is 168 Å². The number of thiophene rings is 1. The number of fused-ring (bicyclic) bond motifs is 7. The van der Waals surface area contributed by atoms with Crippen molar-refractivity contribution in [1.82, 2.24) is 24.5 Å². The molecule has 0 radical (unpaired) electrons. The van der Waals surface area contributed by atoms with Gasteiger partial charge in [0.05, 0.1) is 22.3 Å².